The van der Waals surface area contributed by atoms with Crippen LogP contribution in [0.15, 0.2) is 18.2 Å². The lowest BCUT2D eigenvalue weighted by molar-refractivity contribution is -0.157. The van der Waals surface area contributed by atoms with Crippen LogP contribution in [0.25, 0.3) is 0 Å². The van der Waals surface area contributed by atoms with Gasteiger partial charge in [-0.05, 0) is 45.4 Å². The van der Waals surface area contributed by atoms with Crippen LogP contribution in [0, 0.1) is 11.6 Å². The van der Waals surface area contributed by atoms with Gasteiger partial charge in [0.15, 0.2) is 0 Å². The first kappa shape index (κ1) is 22.8. The summed E-state index contributed by atoms with van der Waals surface area (Å²) in [6.45, 7) is 5.60. The number of nitrogens with one attached hydrogen (secondary N) is 1. The van der Waals surface area contributed by atoms with E-state index in [-0.39, 0.29) is 12.0 Å². The fraction of sp³-hybridized carbons (Fsp3) is 0.556. The molecule has 3 N–H and O–H groups in total. The van der Waals surface area contributed by atoms with Crippen LogP contribution in [0.3, 0.4) is 0 Å². The van der Waals surface area contributed by atoms with Crippen molar-refractivity contribution < 1.29 is 38.1 Å². The van der Waals surface area contributed by atoms with Crippen LogP contribution in [0.1, 0.15) is 33.3 Å². The monoisotopic (exact) mass is 389 g/mol. The van der Waals surface area contributed by atoms with E-state index >= 15 is 0 Å². The Morgan fingerprint density at radius 3 is 2.22 bits per heavy atom. The maximum Gasteiger partial charge on any atom is 0.408 e. The Labute approximate surface area is 156 Å². The van der Waals surface area contributed by atoms with E-state index in [4.69, 9.17) is 14.6 Å². The lowest BCUT2D eigenvalue weighted by Gasteiger charge is -2.25. The molecule has 0 saturated heterocycles. The van der Waals surface area contributed by atoms with Crippen molar-refractivity contribution in [2.24, 2.45) is 0 Å². The highest BCUT2D eigenvalue weighted by atomic mass is 19.1. The maximum absolute atomic E-state index is 13.4. The van der Waals surface area contributed by atoms with Crippen molar-refractivity contribution in [3.8, 4) is 0 Å². The zero-order valence-electron chi connectivity index (χ0n) is 15.7. The standard InChI is InChI=1S/C18H25F2NO6/c1-10(15(23)9-22)26-16(24)14(21-17(25)27-18(2,3)4)7-11-5-12(19)8-13(20)6-11/h5-6,8,10,14-15,22-23H,7,9H2,1-4H3,(H,21,25)/t10-,14-,15+/m0/s1. The van der Waals surface area contributed by atoms with Gasteiger partial charge in [-0.3, -0.25) is 0 Å². The van der Waals surface area contributed by atoms with Crippen LogP contribution < -0.4 is 5.32 Å². The summed E-state index contributed by atoms with van der Waals surface area (Å²) in [5.41, 5.74) is -0.718. The Kier molecular flexibility index (Phi) is 8.11. The molecule has 1 aromatic rings. The summed E-state index contributed by atoms with van der Waals surface area (Å²) in [7, 11) is 0. The van der Waals surface area contributed by atoms with E-state index in [0.29, 0.717) is 6.07 Å². The molecular weight excluding hydrogens is 364 g/mol. The smallest absolute Gasteiger partial charge is 0.408 e. The number of halogens is 2. The maximum atomic E-state index is 13.4. The molecule has 0 aliphatic rings. The van der Waals surface area contributed by atoms with Crippen molar-refractivity contribution in [2.75, 3.05) is 6.61 Å². The van der Waals surface area contributed by atoms with Gasteiger partial charge in [-0.1, -0.05) is 0 Å². The van der Waals surface area contributed by atoms with E-state index in [1.165, 1.54) is 6.92 Å². The van der Waals surface area contributed by atoms with Gasteiger partial charge in [-0.25, -0.2) is 18.4 Å². The summed E-state index contributed by atoms with van der Waals surface area (Å²) >= 11 is 0. The van der Waals surface area contributed by atoms with Crippen LogP contribution in [-0.4, -0.2) is 52.7 Å². The number of amides is 1. The van der Waals surface area contributed by atoms with Gasteiger partial charge in [0.1, 0.15) is 35.5 Å². The van der Waals surface area contributed by atoms with Gasteiger partial charge in [0.2, 0.25) is 0 Å². The molecule has 0 aromatic heterocycles. The summed E-state index contributed by atoms with van der Waals surface area (Å²) in [6, 6.07) is 1.39. The molecule has 1 aromatic carbocycles. The average molecular weight is 389 g/mol. The normalized spacial score (nSPS) is 14.8. The van der Waals surface area contributed by atoms with Crippen LogP contribution in [0.2, 0.25) is 0 Å². The van der Waals surface area contributed by atoms with E-state index < -0.39 is 54.2 Å². The third-order valence-electron chi connectivity index (χ3n) is 3.37. The Hall–Kier alpha value is -2.26. The fourth-order valence-corrected chi connectivity index (χ4v) is 2.10. The number of alkyl carbamates (subject to hydrolysis) is 1. The van der Waals surface area contributed by atoms with Crippen molar-refractivity contribution in [2.45, 2.75) is 58.0 Å². The predicted octanol–water partition coefficient (Wildman–Crippen LogP) is 1.69. The highest BCUT2D eigenvalue weighted by molar-refractivity contribution is 5.82. The van der Waals surface area contributed by atoms with Crippen molar-refractivity contribution >= 4 is 12.1 Å². The van der Waals surface area contributed by atoms with Gasteiger partial charge in [-0.2, -0.15) is 0 Å². The van der Waals surface area contributed by atoms with E-state index in [1.54, 1.807) is 20.8 Å². The van der Waals surface area contributed by atoms with Crippen LogP contribution in [0.4, 0.5) is 13.6 Å². The number of esters is 1. The van der Waals surface area contributed by atoms with E-state index in [9.17, 15) is 23.5 Å². The number of hydrogen-bond acceptors (Lipinski definition) is 6. The molecule has 0 unspecified atom stereocenters. The summed E-state index contributed by atoms with van der Waals surface area (Å²) in [6.07, 6.45) is -3.57. The number of ether oxygens (including phenoxy) is 2. The molecule has 0 fully saturated rings. The molecule has 0 aliphatic carbocycles. The molecule has 9 heteroatoms. The molecular formula is C18H25F2NO6. The Balaban J connectivity index is 2.97. The number of carbonyl (C=O) groups is 2. The summed E-state index contributed by atoms with van der Waals surface area (Å²) in [4.78, 5) is 24.4. The molecule has 1 rings (SSSR count). The summed E-state index contributed by atoms with van der Waals surface area (Å²) in [5.74, 6) is -2.62. The highest BCUT2D eigenvalue weighted by Crippen LogP contribution is 2.13. The number of benzene rings is 1. The second-order valence-corrected chi connectivity index (χ2v) is 7.07. The van der Waals surface area contributed by atoms with E-state index in [2.05, 4.69) is 5.32 Å². The minimum absolute atomic E-state index is 0.112. The summed E-state index contributed by atoms with van der Waals surface area (Å²) in [5, 5.41) is 20.7. The van der Waals surface area contributed by atoms with Crippen LogP contribution >= 0.6 is 0 Å². The van der Waals surface area contributed by atoms with Gasteiger partial charge >= 0.3 is 12.1 Å². The first-order valence-corrected chi connectivity index (χ1v) is 8.35. The molecule has 0 radical (unpaired) electrons. The lowest BCUT2D eigenvalue weighted by atomic mass is 10.1. The van der Waals surface area contributed by atoms with Crippen LogP contribution in [0.5, 0.6) is 0 Å². The quantitative estimate of drug-likeness (QED) is 0.613. The molecule has 0 aliphatic heterocycles. The SMILES string of the molecule is C[C@H](OC(=O)[C@H](Cc1cc(F)cc(F)c1)NC(=O)OC(C)(C)C)[C@H](O)CO. The van der Waals surface area contributed by atoms with Crippen molar-refractivity contribution in [3.05, 3.63) is 35.4 Å². The topological polar surface area (TPSA) is 105 Å². The zero-order chi connectivity index (χ0) is 20.8. The third-order valence-corrected chi connectivity index (χ3v) is 3.37. The van der Waals surface area contributed by atoms with Crippen molar-refractivity contribution in [3.63, 3.8) is 0 Å². The lowest BCUT2D eigenvalue weighted by Crippen LogP contribution is -2.47. The molecule has 27 heavy (non-hydrogen) atoms. The highest BCUT2D eigenvalue weighted by Gasteiger charge is 2.29. The minimum Gasteiger partial charge on any atom is -0.458 e. The van der Waals surface area contributed by atoms with Gasteiger partial charge < -0.3 is 25.0 Å². The predicted molar refractivity (Wildman–Crippen MR) is 91.9 cm³/mol. The largest absolute Gasteiger partial charge is 0.458 e. The molecule has 3 atom stereocenters. The Bertz CT molecular complexity index is 641. The summed E-state index contributed by atoms with van der Waals surface area (Å²) < 4.78 is 36.9. The first-order chi connectivity index (χ1) is 12.4. The number of hydrogen-bond donors (Lipinski definition) is 3. The molecule has 152 valence electrons. The van der Waals surface area contributed by atoms with Gasteiger partial charge in [-0.15, -0.1) is 0 Å². The van der Waals surface area contributed by atoms with Crippen molar-refractivity contribution in [1.82, 2.24) is 5.32 Å². The molecule has 0 saturated carbocycles. The fourth-order valence-electron chi connectivity index (χ4n) is 2.10. The second kappa shape index (κ2) is 9.61. The van der Waals surface area contributed by atoms with Gasteiger partial charge in [0, 0.05) is 12.5 Å². The second-order valence-electron chi connectivity index (χ2n) is 7.07. The van der Waals surface area contributed by atoms with Crippen molar-refractivity contribution in [1.29, 1.82) is 0 Å². The molecule has 0 heterocycles. The molecule has 7 nitrogen and oxygen atoms in total. The molecule has 1 amide bonds. The number of rotatable bonds is 7. The first-order valence-electron chi connectivity index (χ1n) is 8.35. The number of carbonyl (C=O) groups excluding carboxylic acids is 2. The Morgan fingerprint density at radius 1 is 1.19 bits per heavy atom. The minimum atomic E-state index is -1.32. The Morgan fingerprint density at radius 2 is 1.74 bits per heavy atom. The average Bonchev–Trinajstić information content (AvgIpc) is 2.50. The third kappa shape index (κ3) is 8.31. The van der Waals surface area contributed by atoms with Gasteiger partial charge in [0.25, 0.3) is 0 Å². The number of aliphatic hydroxyl groups excluding tert-OH is 2. The molecule has 0 bridgehead atoms. The number of aliphatic hydroxyl groups is 2. The van der Waals surface area contributed by atoms with E-state index in [1.807, 2.05) is 0 Å². The zero-order valence-corrected chi connectivity index (χ0v) is 15.7. The van der Waals surface area contributed by atoms with Gasteiger partial charge in [0.05, 0.1) is 6.61 Å². The van der Waals surface area contributed by atoms with Crippen LogP contribution in [-0.2, 0) is 20.7 Å². The van der Waals surface area contributed by atoms with E-state index in [0.717, 1.165) is 12.1 Å². The molecule has 0 spiro atoms.